The highest BCUT2D eigenvalue weighted by atomic mass is 16.4. The molecule has 0 radical (unpaired) electrons. The van der Waals surface area contributed by atoms with Gasteiger partial charge in [-0.25, -0.2) is 4.98 Å². The van der Waals surface area contributed by atoms with Crippen LogP contribution in [0.5, 0.6) is 0 Å². The first-order chi connectivity index (χ1) is 8.72. The van der Waals surface area contributed by atoms with Crippen molar-refractivity contribution in [2.45, 2.75) is 6.92 Å². The van der Waals surface area contributed by atoms with Crippen molar-refractivity contribution in [1.29, 1.82) is 0 Å². The minimum atomic E-state index is -0.310. The van der Waals surface area contributed by atoms with Crippen molar-refractivity contribution in [3.63, 3.8) is 0 Å². The predicted molar refractivity (Wildman–Crippen MR) is 63.1 cm³/mol. The zero-order chi connectivity index (χ0) is 12.5. The number of nitrogens with zero attached hydrogens (tertiary/aromatic N) is 3. The van der Waals surface area contributed by atoms with Gasteiger partial charge in [-0.2, -0.15) is 0 Å². The van der Waals surface area contributed by atoms with Crippen molar-refractivity contribution < 1.29 is 9.21 Å². The normalized spacial score (nSPS) is 10.7. The van der Waals surface area contributed by atoms with Gasteiger partial charge in [-0.3, -0.25) is 10.1 Å². The van der Waals surface area contributed by atoms with E-state index in [0.29, 0.717) is 11.5 Å². The lowest BCUT2D eigenvalue weighted by Crippen LogP contribution is -2.12. The number of anilines is 1. The predicted octanol–water partition coefficient (Wildman–Crippen LogP) is 1.51. The quantitative estimate of drug-likeness (QED) is 0.711. The summed E-state index contributed by atoms with van der Waals surface area (Å²) in [5.74, 6) is 0.0875. The van der Waals surface area contributed by atoms with E-state index in [1.807, 2.05) is 0 Å². The van der Waals surface area contributed by atoms with Gasteiger partial charge < -0.3 is 9.40 Å². The number of aromatic amines is 1. The molecule has 0 saturated heterocycles. The highest BCUT2D eigenvalue weighted by Gasteiger charge is 2.11. The van der Waals surface area contributed by atoms with Crippen LogP contribution in [0.4, 0.5) is 6.01 Å². The van der Waals surface area contributed by atoms with Gasteiger partial charge in [0.1, 0.15) is 0 Å². The molecule has 0 atom stereocenters. The lowest BCUT2D eigenvalue weighted by atomic mass is 10.2. The van der Waals surface area contributed by atoms with Gasteiger partial charge in [0.15, 0.2) is 0 Å². The van der Waals surface area contributed by atoms with E-state index >= 15 is 0 Å². The van der Waals surface area contributed by atoms with E-state index in [4.69, 9.17) is 4.42 Å². The van der Waals surface area contributed by atoms with Crippen LogP contribution >= 0.6 is 0 Å². The Hall–Kier alpha value is -2.70. The fraction of sp³-hybridized carbons (Fsp3) is 0.0909. The third-order valence-electron chi connectivity index (χ3n) is 2.43. The summed E-state index contributed by atoms with van der Waals surface area (Å²) in [5.41, 5.74) is 2.09. The number of imidazole rings is 1. The standard InChI is InChI=1S/C11H9N5O2/c1-6-15-16-11(18-6)14-10(17)7-2-3-8-9(4-7)13-5-12-8/h2-5H,1H3,(H,12,13)(H,14,16,17). The number of H-pyrrole nitrogens is 1. The first-order valence-electron chi connectivity index (χ1n) is 5.27. The average molecular weight is 243 g/mol. The summed E-state index contributed by atoms with van der Waals surface area (Å²) in [6, 6.07) is 5.24. The Balaban J connectivity index is 1.87. The summed E-state index contributed by atoms with van der Waals surface area (Å²) in [4.78, 5) is 18.9. The molecule has 0 spiro atoms. The smallest absolute Gasteiger partial charge is 0.322 e. The molecule has 1 aromatic carbocycles. The molecule has 0 bridgehead atoms. The van der Waals surface area contributed by atoms with Crippen LogP contribution in [0.3, 0.4) is 0 Å². The Labute approximate surface area is 101 Å². The topological polar surface area (TPSA) is 96.7 Å². The number of rotatable bonds is 2. The number of hydrogen-bond acceptors (Lipinski definition) is 5. The fourth-order valence-corrected chi connectivity index (χ4v) is 1.59. The van der Waals surface area contributed by atoms with E-state index in [-0.39, 0.29) is 11.9 Å². The number of hydrogen-bond donors (Lipinski definition) is 2. The van der Waals surface area contributed by atoms with Gasteiger partial charge >= 0.3 is 6.01 Å². The molecule has 0 aliphatic rings. The van der Waals surface area contributed by atoms with E-state index in [1.165, 1.54) is 0 Å². The summed E-state index contributed by atoms with van der Waals surface area (Å²) in [5, 5.41) is 9.84. The summed E-state index contributed by atoms with van der Waals surface area (Å²) < 4.78 is 5.07. The van der Waals surface area contributed by atoms with Gasteiger partial charge in [0.25, 0.3) is 5.91 Å². The van der Waals surface area contributed by atoms with Gasteiger partial charge in [-0.05, 0) is 18.2 Å². The van der Waals surface area contributed by atoms with Crippen LogP contribution in [-0.4, -0.2) is 26.1 Å². The van der Waals surface area contributed by atoms with Crippen molar-refractivity contribution in [2.24, 2.45) is 0 Å². The molecule has 7 heteroatoms. The van der Waals surface area contributed by atoms with E-state index in [0.717, 1.165) is 11.0 Å². The molecule has 3 rings (SSSR count). The molecule has 0 fully saturated rings. The second-order valence-corrected chi connectivity index (χ2v) is 3.71. The maximum absolute atomic E-state index is 11.9. The molecule has 0 aliphatic heterocycles. The van der Waals surface area contributed by atoms with Crippen LogP contribution in [-0.2, 0) is 0 Å². The SMILES string of the molecule is Cc1nnc(NC(=O)c2ccc3nc[nH]c3c2)o1. The number of fused-ring (bicyclic) bond motifs is 1. The molecule has 3 aromatic rings. The highest BCUT2D eigenvalue weighted by molar-refractivity contribution is 6.04. The molecule has 0 aliphatic carbocycles. The molecule has 90 valence electrons. The number of carbonyl (C=O) groups is 1. The summed E-state index contributed by atoms with van der Waals surface area (Å²) in [7, 11) is 0. The molecule has 2 N–H and O–H groups in total. The second-order valence-electron chi connectivity index (χ2n) is 3.71. The number of benzene rings is 1. The van der Waals surface area contributed by atoms with Crippen molar-refractivity contribution >= 4 is 23.0 Å². The first kappa shape index (κ1) is 10.5. The largest absolute Gasteiger partial charge is 0.408 e. The molecule has 0 saturated carbocycles. The Bertz CT molecular complexity index is 715. The van der Waals surface area contributed by atoms with Crippen LogP contribution in [0.25, 0.3) is 11.0 Å². The van der Waals surface area contributed by atoms with Crippen LogP contribution < -0.4 is 5.32 Å². The van der Waals surface area contributed by atoms with E-state index < -0.39 is 0 Å². The van der Waals surface area contributed by atoms with Crippen molar-refractivity contribution in [3.8, 4) is 0 Å². The molecular weight excluding hydrogens is 234 g/mol. The van der Waals surface area contributed by atoms with Gasteiger partial charge in [0.05, 0.1) is 17.4 Å². The van der Waals surface area contributed by atoms with Crippen LogP contribution in [0.15, 0.2) is 28.9 Å². The van der Waals surface area contributed by atoms with Gasteiger partial charge in [-0.15, -0.1) is 5.10 Å². The van der Waals surface area contributed by atoms with Gasteiger partial charge in [0, 0.05) is 12.5 Å². The molecule has 18 heavy (non-hydrogen) atoms. The van der Waals surface area contributed by atoms with Crippen molar-refractivity contribution in [3.05, 3.63) is 36.0 Å². The third kappa shape index (κ3) is 1.81. The van der Waals surface area contributed by atoms with Crippen LogP contribution in [0, 0.1) is 6.92 Å². The molecule has 2 heterocycles. The Morgan fingerprint density at radius 3 is 3.06 bits per heavy atom. The number of nitrogens with one attached hydrogen (secondary N) is 2. The Morgan fingerprint density at radius 2 is 2.28 bits per heavy atom. The minimum Gasteiger partial charge on any atom is -0.408 e. The third-order valence-corrected chi connectivity index (χ3v) is 2.43. The zero-order valence-electron chi connectivity index (χ0n) is 9.47. The van der Waals surface area contributed by atoms with E-state index in [2.05, 4.69) is 25.5 Å². The maximum atomic E-state index is 11.9. The lowest BCUT2D eigenvalue weighted by Gasteiger charge is -2.00. The first-order valence-corrected chi connectivity index (χ1v) is 5.27. The number of amides is 1. The van der Waals surface area contributed by atoms with Gasteiger partial charge in [-0.1, -0.05) is 5.10 Å². The zero-order valence-corrected chi connectivity index (χ0v) is 9.47. The second kappa shape index (κ2) is 3.95. The van der Waals surface area contributed by atoms with Crippen LogP contribution in [0.2, 0.25) is 0 Å². The molecule has 1 amide bonds. The molecular formula is C11H9N5O2. The lowest BCUT2D eigenvalue weighted by molar-refractivity contribution is 0.102. The summed E-state index contributed by atoms with van der Waals surface area (Å²) >= 11 is 0. The average Bonchev–Trinajstić information content (AvgIpc) is 2.96. The number of aryl methyl sites for hydroxylation is 1. The van der Waals surface area contributed by atoms with Crippen molar-refractivity contribution in [1.82, 2.24) is 20.2 Å². The minimum absolute atomic E-state index is 0.0854. The Kier molecular flexibility index (Phi) is 2.30. The molecule has 0 unspecified atom stereocenters. The van der Waals surface area contributed by atoms with E-state index in [1.54, 1.807) is 31.5 Å². The monoisotopic (exact) mass is 243 g/mol. The highest BCUT2D eigenvalue weighted by Crippen LogP contribution is 2.13. The number of aromatic nitrogens is 4. The van der Waals surface area contributed by atoms with Gasteiger partial charge in [0.2, 0.25) is 5.89 Å². The van der Waals surface area contributed by atoms with E-state index in [9.17, 15) is 4.79 Å². The number of carbonyl (C=O) groups excluding carboxylic acids is 1. The van der Waals surface area contributed by atoms with Crippen LogP contribution in [0.1, 0.15) is 16.2 Å². The maximum Gasteiger partial charge on any atom is 0.322 e. The Morgan fingerprint density at radius 1 is 1.39 bits per heavy atom. The fourth-order valence-electron chi connectivity index (χ4n) is 1.59. The summed E-state index contributed by atoms with van der Waals surface area (Å²) in [6.45, 7) is 1.65. The molecule has 7 nitrogen and oxygen atoms in total. The molecule has 2 aromatic heterocycles. The van der Waals surface area contributed by atoms with Crippen molar-refractivity contribution in [2.75, 3.05) is 5.32 Å². The summed E-state index contributed by atoms with van der Waals surface area (Å²) in [6.07, 6.45) is 1.58.